The molecule has 1 N–H and O–H groups in total. The van der Waals surface area contributed by atoms with Gasteiger partial charge in [0.2, 0.25) is 0 Å². The minimum Gasteiger partial charge on any atom is -0.386 e. The average molecular weight is 153 g/mol. The second-order valence-corrected chi connectivity index (χ2v) is 1.87. The molecular weight excluding hydrogens is 134 g/mol. The molecular formula is C10H19N. The SMILES string of the molecule is C.C=C/C=C\C(=C/C)NCC. The fraction of sp³-hybridized carbons (Fsp3) is 0.400. The molecule has 0 saturated carbocycles. The van der Waals surface area contributed by atoms with Gasteiger partial charge in [-0.05, 0) is 19.9 Å². The molecule has 1 nitrogen and oxygen atoms in total. The molecule has 0 radical (unpaired) electrons. The van der Waals surface area contributed by atoms with Crippen LogP contribution in [0.3, 0.4) is 0 Å². The Balaban J connectivity index is 0. The maximum absolute atomic E-state index is 3.59. The topological polar surface area (TPSA) is 12.0 Å². The molecule has 0 aliphatic rings. The van der Waals surface area contributed by atoms with Gasteiger partial charge in [0.05, 0.1) is 0 Å². The van der Waals surface area contributed by atoms with Crippen molar-refractivity contribution in [2.75, 3.05) is 6.54 Å². The highest BCUT2D eigenvalue weighted by Gasteiger charge is 1.81. The van der Waals surface area contributed by atoms with Gasteiger partial charge in [-0.1, -0.05) is 32.2 Å². The van der Waals surface area contributed by atoms with Crippen molar-refractivity contribution in [1.82, 2.24) is 5.32 Å². The zero-order valence-electron chi connectivity index (χ0n) is 6.72. The van der Waals surface area contributed by atoms with Crippen molar-refractivity contribution in [3.8, 4) is 0 Å². The second-order valence-electron chi connectivity index (χ2n) is 1.87. The van der Waals surface area contributed by atoms with Crippen LogP contribution in [-0.4, -0.2) is 6.54 Å². The number of hydrogen-bond acceptors (Lipinski definition) is 1. The summed E-state index contributed by atoms with van der Waals surface area (Å²) in [5, 5.41) is 3.19. The van der Waals surface area contributed by atoms with E-state index in [0.29, 0.717) is 0 Å². The molecule has 0 aromatic carbocycles. The van der Waals surface area contributed by atoms with Crippen molar-refractivity contribution in [3.63, 3.8) is 0 Å². The fourth-order valence-electron chi connectivity index (χ4n) is 0.633. The first-order valence-corrected chi connectivity index (χ1v) is 3.54. The van der Waals surface area contributed by atoms with Crippen molar-refractivity contribution in [3.05, 3.63) is 36.6 Å². The van der Waals surface area contributed by atoms with Gasteiger partial charge < -0.3 is 5.32 Å². The van der Waals surface area contributed by atoms with Gasteiger partial charge in [0, 0.05) is 12.2 Å². The fourth-order valence-corrected chi connectivity index (χ4v) is 0.633. The molecule has 1 heteroatoms. The molecule has 0 aliphatic carbocycles. The van der Waals surface area contributed by atoms with E-state index < -0.39 is 0 Å². The van der Waals surface area contributed by atoms with Gasteiger partial charge in [0.15, 0.2) is 0 Å². The van der Waals surface area contributed by atoms with Crippen LogP contribution in [0.15, 0.2) is 36.6 Å². The Labute approximate surface area is 70.5 Å². The van der Waals surface area contributed by atoms with Crippen molar-refractivity contribution in [2.45, 2.75) is 21.3 Å². The predicted molar refractivity (Wildman–Crippen MR) is 53.5 cm³/mol. The monoisotopic (exact) mass is 153 g/mol. The van der Waals surface area contributed by atoms with Crippen LogP contribution >= 0.6 is 0 Å². The summed E-state index contributed by atoms with van der Waals surface area (Å²) in [5.41, 5.74) is 1.14. The molecule has 0 heterocycles. The highest BCUT2D eigenvalue weighted by atomic mass is 14.9. The van der Waals surface area contributed by atoms with E-state index in [1.165, 1.54) is 0 Å². The maximum Gasteiger partial charge on any atom is 0.0296 e. The van der Waals surface area contributed by atoms with Crippen LogP contribution < -0.4 is 5.32 Å². The summed E-state index contributed by atoms with van der Waals surface area (Å²) in [6, 6.07) is 0. The third-order valence-corrected chi connectivity index (χ3v) is 1.10. The second kappa shape index (κ2) is 9.02. The highest BCUT2D eigenvalue weighted by molar-refractivity contribution is 5.18. The van der Waals surface area contributed by atoms with Crippen molar-refractivity contribution < 1.29 is 0 Å². The molecule has 0 aromatic heterocycles. The molecule has 0 fully saturated rings. The summed E-state index contributed by atoms with van der Waals surface area (Å²) in [7, 11) is 0. The van der Waals surface area contributed by atoms with Gasteiger partial charge in [-0.15, -0.1) is 0 Å². The van der Waals surface area contributed by atoms with Gasteiger partial charge in [-0.25, -0.2) is 0 Å². The lowest BCUT2D eigenvalue weighted by Gasteiger charge is -2.00. The molecule has 0 bridgehead atoms. The normalized spacial score (nSPS) is 10.9. The van der Waals surface area contributed by atoms with Crippen molar-refractivity contribution in [1.29, 1.82) is 0 Å². The quantitative estimate of drug-likeness (QED) is 0.612. The lowest BCUT2D eigenvalue weighted by atomic mass is 10.3. The lowest BCUT2D eigenvalue weighted by Crippen LogP contribution is -2.09. The minimum atomic E-state index is 0. The van der Waals surface area contributed by atoms with Crippen LogP contribution in [-0.2, 0) is 0 Å². The smallest absolute Gasteiger partial charge is 0.0296 e. The summed E-state index contributed by atoms with van der Waals surface area (Å²) < 4.78 is 0. The van der Waals surface area contributed by atoms with Gasteiger partial charge in [-0.2, -0.15) is 0 Å². The zero-order chi connectivity index (χ0) is 7.82. The van der Waals surface area contributed by atoms with E-state index in [4.69, 9.17) is 0 Å². The maximum atomic E-state index is 3.59. The first-order chi connectivity index (χ1) is 4.85. The van der Waals surface area contributed by atoms with Gasteiger partial charge in [0.1, 0.15) is 0 Å². The molecule has 0 unspecified atom stereocenters. The van der Waals surface area contributed by atoms with Crippen LogP contribution in [0.5, 0.6) is 0 Å². The van der Waals surface area contributed by atoms with Gasteiger partial charge in [0.25, 0.3) is 0 Å². The number of rotatable bonds is 4. The van der Waals surface area contributed by atoms with Crippen LogP contribution in [0, 0.1) is 0 Å². The van der Waals surface area contributed by atoms with E-state index in [-0.39, 0.29) is 7.43 Å². The summed E-state index contributed by atoms with van der Waals surface area (Å²) in [6.45, 7) is 8.62. The van der Waals surface area contributed by atoms with E-state index in [0.717, 1.165) is 12.2 Å². The number of likely N-dealkylation sites (N-methyl/N-ethyl adjacent to an activating group) is 1. The van der Waals surface area contributed by atoms with Gasteiger partial charge >= 0.3 is 0 Å². The predicted octanol–water partition coefficient (Wildman–Crippen LogP) is 2.88. The number of nitrogens with one attached hydrogen (secondary N) is 1. The Kier molecular flexibility index (Phi) is 10.4. The molecule has 64 valence electrons. The Morgan fingerprint density at radius 2 is 2.18 bits per heavy atom. The zero-order valence-corrected chi connectivity index (χ0v) is 6.72. The minimum absolute atomic E-state index is 0. The molecule has 0 aromatic rings. The summed E-state index contributed by atoms with van der Waals surface area (Å²) in [4.78, 5) is 0. The Morgan fingerprint density at radius 3 is 2.55 bits per heavy atom. The molecule has 0 saturated heterocycles. The van der Waals surface area contributed by atoms with Crippen LogP contribution in [0.4, 0.5) is 0 Å². The highest BCUT2D eigenvalue weighted by Crippen LogP contribution is 1.90. The van der Waals surface area contributed by atoms with Crippen LogP contribution in [0.2, 0.25) is 0 Å². The Morgan fingerprint density at radius 1 is 1.55 bits per heavy atom. The number of allylic oxidation sites excluding steroid dienone is 4. The molecule has 11 heavy (non-hydrogen) atoms. The van der Waals surface area contributed by atoms with Crippen LogP contribution in [0.25, 0.3) is 0 Å². The summed E-state index contributed by atoms with van der Waals surface area (Å²) in [5.74, 6) is 0. The van der Waals surface area contributed by atoms with Crippen molar-refractivity contribution >= 4 is 0 Å². The Hall–Kier alpha value is -0.980. The standard InChI is InChI=1S/C9H15N.CH4/c1-4-7-8-9(5-2)10-6-3;/h4-5,7-8,10H,1,6H2,2-3H3;1H4/b8-7-,9-5+;. The molecule has 0 rings (SSSR count). The summed E-state index contributed by atoms with van der Waals surface area (Å²) in [6.07, 6.45) is 7.71. The first-order valence-electron chi connectivity index (χ1n) is 3.54. The molecule has 0 aliphatic heterocycles. The van der Waals surface area contributed by atoms with Crippen molar-refractivity contribution in [2.24, 2.45) is 0 Å². The van der Waals surface area contributed by atoms with Gasteiger partial charge in [-0.3, -0.25) is 0 Å². The molecule has 0 amide bonds. The van der Waals surface area contributed by atoms with E-state index in [1.54, 1.807) is 6.08 Å². The first kappa shape index (κ1) is 12.7. The summed E-state index contributed by atoms with van der Waals surface area (Å²) >= 11 is 0. The van der Waals surface area contributed by atoms with E-state index in [9.17, 15) is 0 Å². The van der Waals surface area contributed by atoms with E-state index in [1.807, 2.05) is 25.2 Å². The average Bonchev–Trinajstić information content (AvgIpc) is 1.98. The lowest BCUT2D eigenvalue weighted by molar-refractivity contribution is 0.876. The van der Waals surface area contributed by atoms with E-state index >= 15 is 0 Å². The number of hydrogen-bond donors (Lipinski definition) is 1. The van der Waals surface area contributed by atoms with Crippen LogP contribution in [0.1, 0.15) is 21.3 Å². The van der Waals surface area contributed by atoms with E-state index in [2.05, 4.69) is 18.8 Å². The third-order valence-electron chi connectivity index (χ3n) is 1.10. The third kappa shape index (κ3) is 6.91. The Bertz CT molecular complexity index is 143. The molecule has 0 spiro atoms. The molecule has 0 atom stereocenters. The largest absolute Gasteiger partial charge is 0.386 e.